The zero-order valence-corrected chi connectivity index (χ0v) is 14.8. The minimum atomic E-state index is -1.20. The van der Waals surface area contributed by atoms with Crippen molar-refractivity contribution in [2.75, 3.05) is 0 Å². The fourth-order valence-electron chi connectivity index (χ4n) is 2.39. The summed E-state index contributed by atoms with van der Waals surface area (Å²) >= 11 is 6.55. The molecule has 1 N–H and O–H groups in total. The van der Waals surface area contributed by atoms with Crippen molar-refractivity contribution >= 4 is 45.0 Å². The van der Waals surface area contributed by atoms with E-state index in [4.69, 9.17) is 11.6 Å². The second-order valence-corrected chi connectivity index (χ2v) is 6.82. The third-order valence-corrected chi connectivity index (χ3v) is 5.00. The van der Waals surface area contributed by atoms with Crippen molar-refractivity contribution in [3.8, 4) is 0 Å². The van der Waals surface area contributed by atoms with Gasteiger partial charge in [0.2, 0.25) is 0 Å². The molecule has 2 aromatic carbocycles. The van der Waals surface area contributed by atoms with Gasteiger partial charge in [-0.3, -0.25) is 4.79 Å². The van der Waals surface area contributed by atoms with E-state index in [0.717, 1.165) is 6.07 Å². The molecule has 0 fully saturated rings. The molecule has 9 heteroatoms. The molecule has 1 unspecified atom stereocenters. The molecular weight excluding hydrogens is 386 g/mol. The molecule has 3 aromatic rings. The molecule has 5 nitrogen and oxygen atoms in total. The summed E-state index contributed by atoms with van der Waals surface area (Å²) in [5, 5.41) is 9.66. The van der Waals surface area contributed by atoms with Gasteiger partial charge in [0.1, 0.15) is 6.04 Å². The van der Waals surface area contributed by atoms with Crippen molar-refractivity contribution in [2.24, 2.45) is 4.99 Å². The van der Waals surface area contributed by atoms with Gasteiger partial charge in [-0.05, 0) is 37.3 Å². The van der Waals surface area contributed by atoms with Gasteiger partial charge in [0.05, 0.1) is 10.2 Å². The summed E-state index contributed by atoms with van der Waals surface area (Å²) in [6.45, 7) is 1.36. The predicted molar refractivity (Wildman–Crippen MR) is 93.4 cm³/mol. The molecule has 0 spiro atoms. The van der Waals surface area contributed by atoms with Crippen LogP contribution in [-0.4, -0.2) is 21.6 Å². The van der Waals surface area contributed by atoms with Gasteiger partial charge in [-0.15, -0.1) is 0 Å². The number of nitrogens with zero attached hydrogens (tertiary/aromatic N) is 2. The maximum Gasteiger partial charge on any atom is 0.326 e. The number of amides is 1. The number of thiazole rings is 1. The van der Waals surface area contributed by atoms with E-state index in [0.29, 0.717) is 16.4 Å². The smallest absolute Gasteiger partial charge is 0.326 e. The second-order valence-electron chi connectivity index (χ2n) is 5.41. The minimum Gasteiger partial charge on any atom is -0.480 e. The van der Waals surface area contributed by atoms with E-state index in [1.807, 2.05) is 0 Å². The molecule has 0 bridgehead atoms. The maximum absolute atomic E-state index is 14.1. The summed E-state index contributed by atoms with van der Waals surface area (Å²) in [7, 11) is 0. The largest absolute Gasteiger partial charge is 0.480 e. The number of carbonyl (C=O) groups excluding carboxylic acids is 1. The molecule has 1 aromatic heterocycles. The molecule has 0 aliphatic heterocycles. The maximum atomic E-state index is 14.1. The number of hydrogen-bond acceptors (Lipinski definition) is 3. The monoisotopic (exact) mass is 396 g/mol. The molecule has 1 heterocycles. The van der Waals surface area contributed by atoms with Gasteiger partial charge < -0.3 is 9.67 Å². The van der Waals surface area contributed by atoms with Crippen LogP contribution in [0.5, 0.6) is 0 Å². The normalized spacial score (nSPS) is 13.2. The standard InChI is InChI=1S/C17H11ClF2N2O3S/c1-8(16(24)25)22-12-6-5-11(19)13(20)14(12)26-17(22)21-15(23)9-3-2-4-10(18)7-9/h2-8H,1H3,(H,24,25)/b21-17-. The molecule has 3 rings (SSSR count). The van der Waals surface area contributed by atoms with Crippen LogP contribution in [0, 0.1) is 11.6 Å². The number of carbonyl (C=O) groups is 2. The van der Waals surface area contributed by atoms with Crippen LogP contribution in [-0.2, 0) is 4.79 Å². The lowest BCUT2D eigenvalue weighted by molar-refractivity contribution is -0.140. The van der Waals surface area contributed by atoms with Gasteiger partial charge in [0.15, 0.2) is 16.4 Å². The van der Waals surface area contributed by atoms with Gasteiger partial charge in [0, 0.05) is 10.6 Å². The molecule has 1 amide bonds. The molecule has 0 saturated carbocycles. The van der Waals surface area contributed by atoms with Gasteiger partial charge in [-0.25, -0.2) is 13.6 Å². The highest BCUT2D eigenvalue weighted by atomic mass is 35.5. The summed E-state index contributed by atoms with van der Waals surface area (Å²) in [6.07, 6.45) is 0. The summed E-state index contributed by atoms with van der Waals surface area (Å²) in [4.78, 5) is 27.7. The highest BCUT2D eigenvalue weighted by Crippen LogP contribution is 2.25. The van der Waals surface area contributed by atoms with E-state index in [1.165, 1.54) is 29.7 Å². The Morgan fingerprint density at radius 1 is 1.27 bits per heavy atom. The number of carboxylic acids is 1. The van der Waals surface area contributed by atoms with Crippen molar-refractivity contribution in [3.05, 3.63) is 63.4 Å². The van der Waals surface area contributed by atoms with Crippen molar-refractivity contribution in [3.63, 3.8) is 0 Å². The van der Waals surface area contributed by atoms with E-state index < -0.39 is 29.6 Å². The summed E-state index contributed by atoms with van der Waals surface area (Å²) in [5.74, 6) is -4.06. The van der Waals surface area contributed by atoms with Crippen LogP contribution in [0.1, 0.15) is 23.3 Å². The van der Waals surface area contributed by atoms with Crippen molar-refractivity contribution in [1.29, 1.82) is 0 Å². The van der Waals surface area contributed by atoms with Gasteiger partial charge in [-0.2, -0.15) is 4.99 Å². The number of benzene rings is 2. The Morgan fingerprint density at radius 3 is 2.65 bits per heavy atom. The van der Waals surface area contributed by atoms with Crippen LogP contribution < -0.4 is 4.80 Å². The van der Waals surface area contributed by atoms with E-state index in [9.17, 15) is 23.5 Å². The number of rotatable bonds is 3. The highest BCUT2D eigenvalue weighted by molar-refractivity contribution is 7.16. The van der Waals surface area contributed by atoms with Crippen LogP contribution in [0.4, 0.5) is 8.78 Å². The third-order valence-electron chi connectivity index (χ3n) is 3.70. The average molecular weight is 397 g/mol. The Balaban J connectivity index is 2.27. The average Bonchev–Trinajstić information content (AvgIpc) is 2.96. The Kier molecular flexibility index (Phi) is 4.88. The van der Waals surface area contributed by atoms with Crippen LogP contribution in [0.15, 0.2) is 41.4 Å². The van der Waals surface area contributed by atoms with Gasteiger partial charge in [0.25, 0.3) is 5.91 Å². The SMILES string of the molecule is CC(C(=O)O)n1/c(=N/C(=O)c2cccc(Cl)c2)sc2c(F)c(F)ccc21. The first-order chi connectivity index (χ1) is 12.3. The highest BCUT2D eigenvalue weighted by Gasteiger charge is 2.22. The predicted octanol–water partition coefficient (Wildman–Crippen LogP) is 4.02. The topological polar surface area (TPSA) is 71.7 Å². The zero-order chi connectivity index (χ0) is 19.0. The lowest BCUT2D eigenvalue weighted by Gasteiger charge is -2.10. The molecule has 1 atom stereocenters. The zero-order valence-electron chi connectivity index (χ0n) is 13.2. The molecule has 0 aliphatic carbocycles. The number of carboxylic acid groups (broad SMARTS) is 1. The number of hydrogen-bond donors (Lipinski definition) is 1. The van der Waals surface area contributed by atoms with E-state index in [-0.39, 0.29) is 20.6 Å². The molecule has 0 radical (unpaired) electrons. The Labute approximate surface area is 154 Å². The van der Waals surface area contributed by atoms with Crippen molar-refractivity contribution in [2.45, 2.75) is 13.0 Å². The molecule has 134 valence electrons. The second kappa shape index (κ2) is 6.97. The molecular formula is C17H11ClF2N2O3S. The first-order valence-corrected chi connectivity index (χ1v) is 8.55. The minimum absolute atomic E-state index is 0.0515. The first kappa shape index (κ1) is 18.2. The van der Waals surface area contributed by atoms with Gasteiger partial charge in [-0.1, -0.05) is 29.0 Å². The van der Waals surface area contributed by atoms with Crippen LogP contribution in [0.25, 0.3) is 10.2 Å². The lowest BCUT2D eigenvalue weighted by atomic mass is 10.2. The van der Waals surface area contributed by atoms with E-state index in [1.54, 1.807) is 12.1 Å². The molecule has 0 saturated heterocycles. The summed E-state index contributed by atoms with van der Waals surface area (Å²) in [6, 6.07) is 7.08. The number of halogens is 3. The summed E-state index contributed by atoms with van der Waals surface area (Å²) < 4.78 is 28.7. The Morgan fingerprint density at radius 2 is 2.00 bits per heavy atom. The van der Waals surface area contributed by atoms with Crippen LogP contribution >= 0.6 is 22.9 Å². The van der Waals surface area contributed by atoms with Crippen molar-refractivity contribution in [1.82, 2.24) is 4.57 Å². The van der Waals surface area contributed by atoms with Crippen LogP contribution in [0.2, 0.25) is 5.02 Å². The molecule has 26 heavy (non-hydrogen) atoms. The first-order valence-electron chi connectivity index (χ1n) is 7.36. The fraction of sp³-hybridized carbons (Fsp3) is 0.118. The summed E-state index contributed by atoms with van der Waals surface area (Å²) in [5.41, 5.74) is 0.331. The molecule has 0 aliphatic rings. The van der Waals surface area contributed by atoms with E-state index >= 15 is 0 Å². The number of aromatic nitrogens is 1. The quantitative estimate of drug-likeness (QED) is 0.726. The van der Waals surface area contributed by atoms with Crippen LogP contribution in [0.3, 0.4) is 0 Å². The lowest BCUT2D eigenvalue weighted by Crippen LogP contribution is -2.25. The Hall–Kier alpha value is -2.58. The fourth-order valence-corrected chi connectivity index (χ4v) is 3.70. The van der Waals surface area contributed by atoms with Gasteiger partial charge >= 0.3 is 5.97 Å². The van der Waals surface area contributed by atoms with Crippen molar-refractivity contribution < 1.29 is 23.5 Å². The number of aliphatic carboxylic acids is 1. The number of fused-ring (bicyclic) bond motifs is 1. The Bertz CT molecular complexity index is 1110. The third kappa shape index (κ3) is 3.25. The van der Waals surface area contributed by atoms with E-state index in [2.05, 4.69) is 4.99 Å².